The van der Waals surface area contributed by atoms with Crippen LogP contribution in [-0.2, 0) is 5.54 Å². The molecule has 6 heteroatoms. The summed E-state index contributed by atoms with van der Waals surface area (Å²) in [6.45, 7) is 1.91. The lowest BCUT2D eigenvalue weighted by molar-refractivity contribution is 0.269. The first-order chi connectivity index (χ1) is 6.63. The molecule has 0 aliphatic carbocycles. The molecule has 4 N–H and O–H groups in total. The molecule has 0 fully saturated rings. The Bertz CT molecular complexity index is 379. The van der Waals surface area contributed by atoms with Crippen LogP contribution in [0.4, 0.5) is 0 Å². The van der Waals surface area contributed by atoms with Crippen molar-refractivity contribution in [1.82, 2.24) is 15.0 Å². The summed E-state index contributed by atoms with van der Waals surface area (Å²) in [5.41, 5.74) is 10.9. The average molecular weight is 192 g/mol. The van der Waals surface area contributed by atoms with Crippen LogP contribution in [0.2, 0.25) is 0 Å². The molecule has 74 valence electrons. The number of hydrogen-bond donors (Lipinski definition) is 2. The Morgan fingerprint density at radius 1 is 1.43 bits per heavy atom. The SMILES string of the molecule is CC1(n2nccn2)C=CC(N)=NC1N. The molecular weight excluding hydrogens is 180 g/mol. The van der Waals surface area contributed by atoms with E-state index in [0.717, 1.165) is 0 Å². The zero-order valence-corrected chi connectivity index (χ0v) is 7.83. The van der Waals surface area contributed by atoms with E-state index in [2.05, 4.69) is 15.2 Å². The largest absolute Gasteiger partial charge is 0.384 e. The van der Waals surface area contributed by atoms with Gasteiger partial charge in [0.15, 0.2) is 0 Å². The normalized spacial score (nSPS) is 31.6. The number of dihydropyridines is 1. The van der Waals surface area contributed by atoms with Gasteiger partial charge < -0.3 is 11.5 Å². The molecule has 2 heterocycles. The molecule has 2 atom stereocenters. The molecule has 1 aromatic heterocycles. The van der Waals surface area contributed by atoms with E-state index in [1.165, 1.54) is 4.80 Å². The highest BCUT2D eigenvalue weighted by Crippen LogP contribution is 2.22. The fourth-order valence-electron chi connectivity index (χ4n) is 1.34. The fourth-order valence-corrected chi connectivity index (χ4v) is 1.34. The highest BCUT2D eigenvalue weighted by molar-refractivity contribution is 5.92. The predicted octanol–water partition coefficient (Wildman–Crippen LogP) is -0.795. The first-order valence-electron chi connectivity index (χ1n) is 4.28. The Hall–Kier alpha value is -1.69. The van der Waals surface area contributed by atoms with Crippen LogP contribution in [0.25, 0.3) is 0 Å². The van der Waals surface area contributed by atoms with Crippen LogP contribution in [0.5, 0.6) is 0 Å². The second-order valence-electron chi connectivity index (χ2n) is 3.38. The predicted molar refractivity (Wildman–Crippen MR) is 52.4 cm³/mol. The summed E-state index contributed by atoms with van der Waals surface area (Å²) < 4.78 is 0. The molecule has 1 aliphatic heterocycles. The Labute approximate surface area is 81.3 Å². The van der Waals surface area contributed by atoms with Gasteiger partial charge >= 0.3 is 0 Å². The van der Waals surface area contributed by atoms with Crippen molar-refractivity contribution in [3.05, 3.63) is 24.5 Å². The van der Waals surface area contributed by atoms with Crippen molar-refractivity contribution in [3.63, 3.8) is 0 Å². The lowest BCUT2D eigenvalue weighted by Crippen LogP contribution is -2.49. The van der Waals surface area contributed by atoms with Gasteiger partial charge in [-0.15, -0.1) is 0 Å². The lowest BCUT2D eigenvalue weighted by Gasteiger charge is -2.31. The van der Waals surface area contributed by atoms with E-state index in [9.17, 15) is 0 Å². The third-order valence-corrected chi connectivity index (χ3v) is 2.33. The van der Waals surface area contributed by atoms with E-state index in [-0.39, 0.29) is 0 Å². The molecule has 0 saturated carbocycles. The summed E-state index contributed by atoms with van der Waals surface area (Å²) in [6, 6.07) is 0. The maximum absolute atomic E-state index is 5.88. The number of nitrogens with two attached hydrogens (primary N) is 2. The van der Waals surface area contributed by atoms with Gasteiger partial charge in [0.25, 0.3) is 0 Å². The first-order valence-corrected chi connectivity index (χ1v) is 4.28. The summed E-state index contributed by atoms with van der Waals surface area (Å²) >= 11 is 0. The van der Waals surface area contributed by atoms with Crippen LogP contribution < -0.4 is 11.5 Å². The van der Waals surface area contributed by atoms with Crippen molar-refractivity contribution in [2.24, 2.45) is 16.5 Å². The summed E-state index contributed by atoms with van der Waals surface area (Å²) in [5.74, 6) is 0.433. The number of amidine groups is 1. The third kappa shape index (κ3) is 1.20. The number of hydrogen-bond acceptors (Lipinski definition) is 5. The molecule has 0 aromatic carbocycles. The van der Waals surface area contributed by atoms with E-state index >= 15 is 0 Å². The van der Waals surface area contributed by atoms with Crippen LogP contribution in [0.3, 0.4) is 0 Å². The second kappa shape index (κ2) is 2.91. The molecule has 0 radical (unpaired) electrons. The number of rotatable bonds is 1. The van der Waals surface area contributed by atoms with Crippen molar-refractivity contribution in [2.75, 3.05) is 0 Å². The number of aliphatic imine (C=N–C) groups is 1. The average Bonchev–Trinajstić information content (AvgIpc) is 2.65. The van der Waals surface area contributed by atoms with Crippen molar-refractivity contribution < 1.29 is 0 Å². The van der Waals surface area contributed by atoms with Crippen molar-refractivity contribution in [1.29, 1.82) is 0 Å². The molecule has 0 saturated heterocycles. The van der Waals surface area contributed by atoms with Gasteiger partial charge in [0.05, 0.1) is 12.4 Å². The summed E-state index contributed by atoms with van der Waals surface area (Å²) in [5, 5.41) is 8.10. The van der Waals surface area contributed by atoms with E-state index in [1.807, 2.05) is 13.0 Å². The molecule has 1 aliphatic rings. The van der Waals surface area contributed by atoms with Gasteiger partial charge in [-0.2, -0.15) is 15.0 Å². The maximum atomic E-state index is 5.88. The van der Waals surface area contributed by atoms with Gasteiger partial charge in [0.2, 0.25) is 0 Å². The van der Waals surface area contributed by atoms with Gasteiger partial charge in [-0.05, 0) is 19.1 Å². The molecule has 0 spiro atoms. The Kier molecular flexibility index (Phi) is 1.85. The Morgan fingerprint density at radius 2 is 2.07 bits per heavy atom. The molecular formula is C8H12N6. The molecule has 14 heavy (non-hydrogen) atoms. The molecule has 2 rings (SSSR count). The van der Waals surface area contributed by atoms with Gasteiger partial charge in [0.1, 0.15) is 17.5 Å². The van der Waals surface area contributed by atoms with Gasteiger partial charge in [-0.1, -0.05) is 0 Å². The highest BCUT2D eigenvalue weighted by atomic mass is 15.5. The third-order valence-electron chi connectivity index (χ3n) is 2.33. The van der Waals surface area contributed by atoms with Crippen LogP contribution in [0, 0.1) is 0 Å². The minimum atomic E-state index is -0.535. The number of nitrogens with zero attached hydrogens (tertiary/aromatic N) is 4. The van der Waals surface area contributed by atoms with E-state index in [0.29, 0.717) is 5.84 Å². The molecule has 2 unspecified atom stereocenters. The zero-order chi connectivity index (χ0) is 10.2. The van der Waals surface area contributed by atoms with Crippen LogP contribution in [0.1, 0.15) is 6.92 Å². The van der Waals surface area contributed by atoms with Crippen LogP contribution in [0.15, 0.2) is 29.5 Å². The van der Waals surface area contributed by atoms with Crippen molar-refractivity contribution in [2.45, 2.75) is 18.6 Å². The zero-order valence-electron chi connectivity index (χ0n) is 7.83. The monoisotopic (exact) mass is 192 g/mol. The van der Waals surface area contributed by atoms with E-state index < -0.39 is 11.7 Å². The standard InChI is InChI=1S/C8H12N6/c1-8(14-11-4-5-12-14)3-2-6(9)13-7(8)10/h2-5,7H,10H2,1H3,(H2,9,13). The molecule has 0 bridgehead atoms. The molecule has 1 aromatic rings. The molecule has 0 amide bonds. The first kappa shape index (κ1) is 8.89. The Balaban J connectivity index is 2.39. The van der Waals surface area contributed by atoms with E-state index in [4.69, 9.17) is 11.5 Å². The van der Waals surface area contributed by atoms with Crippen molar-refractivity contribution in [3.8, 4) is 0 Å². The van der Waals surface area contributed by atoms with Gasteiger partial charge in [-0.3, -0.25) is 0 Å². The lowest BCUT2D eigenvalue weighted by atomic mass is 9.97. The summed E-state index contributed by atoms with van der Waals surface area (Å²) in [7, 11) is 0. The van der Waals surface area contributed by atoms with Crippen LogP contribution >= 0.6 is 0 Å². The second-order valence-corrected chi connectivity index (χ2v) is 3.38. The summed E-state index contributed by atoms with van der Waals surface area (Å²) in [4.78, 5) is 5.61. The van der Waals surface area contributed by atoms with Crippen LogP contribution in [-0.4, -0.2) is 27.0 Å². The highest BCUT2D eigenvalue weighted by Gasteiger charge is 2.35. The Morgan fingerprint density at radius 3 is 2.64 bits per heavy atom. The molecule has 6 nitrogen and oxygen atoms in total. The van der Waals surface area contributed by atoms with Crippen molar-refractivity contribution >= 4 is 5.84 Å². The number of aromatic nitrogens is 3. The quantitative estimate of drug-likeness (QED) is 0.609. The minimum absolute atomic E-state index is 0.433. The minimum Gasteiger partial charge on any atom is -0.384 e. The smallest absolute Gasteiger partial charge is 0.133 e. The maximum Gasteiger partial charge on any atom is 0.133 e. The van der Waals surface area contributed by atoms with Gasteiger partial charge in [-0.25, -0.2) is 4.99 Å². The van der Waals surface area contributed by atoms with Gasteiger partial charge in [0, 0.05) is 0 Å². The summed E-state index contributed by atoms with van der Waals surface area (Å²) in [6.07, 6.45) is 6.33. The topological polar surface area (TPSA) is 95.1 Å². The fraction of sp³-hybridized carbons (Fsp3) is 0.375. The van der Waals surface area contributed by atoms with E-state index in [1.54, 1.807) is 18.5 Å².